The van der Waals surface area contributed by atoms with E-state index in [1.54, 1.807) is 29.2 Å². The van der Waals surface area contributed by atoms with E-state index in [2.05, 4.69) is 5.32 Å². The first-order valence-corrected chi connectivity index (χ1v) is 9.12. The van der Waals surface area contributed by atoms with Gasteiger partial charge in [-0.2, -0.15) is 0 Å². The average Bonchev–Trinajstić information content (AvgIpc) is 3.12. The molecule has 4 rings (SSSR count). The summed E-state index contributed by atoms with van der Waals surface area (Å²) < 4.78 is 29.9. The van der Waals surface area contributed by atoms with Crippen LogP contribution in [0.5, 0.6) is 5.75 Å². The zero-order chi connectivity index (χ0) is 20.4. The van der Waals surface area contributed by atoms with Crippen LogP contribution in [0.25, 0.3) is 11.0 Å². The number of hydrogen-bond donors (Lipinski definition) is 1. The highest BCUT2D eigenvalue weighted by molar-refractivity contribution is 6.15. The number of anilines is 1. The van der Waals surface area contributed by atoms with Gasteiger partial charge in [-0.1, -0.05) is 12.1 Å². The van der Waals surface area contributed by atoms with Crippen molar-refractivity contribution in [3.8, 4) is 5.75 Å². The number of ether oxygens (including phenoxy) is 2. The van der Waals surface area contributed by atoms with Crippen LogP contribution in [0.4, 0.5) is 10.1 Å². The molecule has 7 nitrogen and oxygen atoms in total. The number of fused-ring (bicyclic) bond motifs is 1. The second-order valence-electron chi connectivity index (χ2n) is 6.51. The van der Waals surface area contributed by atoms with Gasteiger partial charge in [-0.05, 0) is 30.3 Å². The Morgan fingerprint density at radius 1 is 1.14 bits per heavy atom. The number of nitrogens with zero attached hydrogens (tertiary/aromatic N) is 1. The van der Waals surface area contributed by atoms with E-state index >= 15 is 0 Å². The maximum Gasteiger partial charge on any atom is 0.291 e. The fourth-order valence-corrected chi connectivity index (χ4v) is 3.27. The monoisotopic (exact) mass is 398 g/mol. The van der Waals surface area contributed by atoms with Gasteiger partial charge in [-0.3, -0.25) is 9.59 Å². The maximum atomic E-state index is 13.7. The molecule has 3 aromatic rings. The molecule has 0 spiro atoms. The van der Waals surface area contributed by atoms with Crippen LogP contribution >= 0.6 is 0 Å². The van der Waals surface area contributed by atoms with Crippen molar-refractivity contribution in [1.82, 2.24) is 4.90 Å². The lowest BCUT2D eigenvalue weighted by molar-refractivity contribution is 0.0285. The summed E-state index contributed by atoms with van der Waals surface area (Å²) in [6.07, 6.45) is 0. The standard InChI is InChI=1S/C21H19FN2O5/c1-27-16-7-6-13(22)12-15(16)20(25)23-18-14-4-2-3-5-17(14)29-19(18)21(26)24-8-10-28-11-9-24/h2-7,12H,8-11H2,1H3,(H,23,25). The number of carbonyl (C=O) groups excluding carboxylic acids is 2. The third-order valence-corrected chi connectivity index (χ3v) is 4.73. The van der Waals surface area contributed by atoms with Crippen LogP contribution in [0.15, 0.2) is 46.9 Å². The van der Waals surface area contributed by atoms with Crippen LogP contribution in [0.1, 0.15) is 20.9 Å². The second kappa shape index (κ2) is 7.92. The molecule has 0 unspecified atom stereocenters. The van der Waals surface area contributed by atoms with E-state index in [-0.39, 0.29) is 28.7 Å². The number of para-hydroxylation sites is 1. The average molecular weight is 398 g/mol. The molecule has 1 N–H and O–H groups in total. The second-order valence-corrected chi connectivity index (χ2v) is 6.51. The normalized spacial score (nSPS) is 14.1. The van der Waals surface area contributed by atoms with E-state index in [1.807, 2.05) is 0 Å². The molecule has 8 heteroatoms. The van der Waals surface area contributed by atoms with Crippen molar-refractivity contribution in [2.45, 2.75) is 0 Å². The highest BCUT2D eigenvalue weighted by Crippen LogP contribution is 2.33. The summed E-state index contributed by atoms with van der Waals surface area (Å²) in [5.41, 5.74) is 0.724. The quantitative estimate of drug-likeness (QED) is 0.729. The highest BCUT2D eigenvalue weighted by atomic mass is 19.1. The first kappa shape index (κ1) is 18.9. The predicted molar refractivity (Wildman–Crippen MR) is 104 cm³/mol. The first-order chi connectivity index (χ1) is 14.1. The van der Waals surface area contributed by atoms with Crippen molar-refractivity contribution in [2.75, 3.05) is 38.7 Å². The Hall–Kier alpha value is -3.39. The molecule has 2 aromatic carbocycles. The largest absolute Gasteiger partial charge is 0.496 e. The van der Waals surface area contributed by atoms with Crippen LogP contribution < -0.4 is 10.1 Å². The molecule has 1 aromatic heterocycles. The molecule has 1 aliphatic heterocycles. The van der Waals surface area contributed by atoms with Gasteiger partial charge in [-0.25, -0.2) is 4.39 Å². The number of halogens is 1. The summed E-state index contributed by atoms with van der Waals surface area (Å²) in [6, 6.07) is 10.7. The molecule has 150 valence electrons. The third-order valence-electron chi connectivity index (χ3n) is 4.73. The van der Waals surface area contributed by atoms with E-state index < -0.39 is 11.7 Å². The van der Waals surface area contributed by atoms with Gasteiger partial charge in [-0.15, -0.1) is 0 Å². The number of furan rings is 1. The highest BCUT2D eigenvalue weighted by Gasteiger charge is 2.28. The topological polar surface area (TPSA) is 81.0 Å². The number of methoxy groups -OCH3 is 1. The number of benzene rings is 2. The molecular formula is C21H19FN2O5. The van der Waals surface area contributed by atoms with E-state index in [4.69, 9.17) is 13.9 Å². The Balaban J connectivity index is 1.74. The van der Waals surface area contributed by atoms with Crippen molar-refractivity contribution < 1.29 is 27.9 Å². The lowest BCUT2D eigenvalue weighted by atomic mass is 10.1. The van der Waals surface area contributed by atoms with E-state index in [0.29, 0.717) is 37.3 Å². The molecule has 29 heavy (non-hydrogen) atoms. The van der Waals surface area contributed by atoms with Gasteiger partial charge in [0.2, 0.25) is 5.76 Å². The lowest BCUT2D eigenvalue weighted by Crippen LogP contribution is -2.40. The van der Waals surface area contributed by atoms with Gasteiger partial charge in [0.05, 0.1) is 25.9 Å². The molecule has 0 radical (unpaired) electrons. The first-order valence-electron chi connectivity index (χ1n) is 9.12. The number of carbonyl (C=O) groups is 2. The summed E-state index contributed by atoms with van der Waals surface area (Å²) in [5.74, 6) is -1.28. The molecule has 1 fully saturated rings. The molecular weight excluding hydrogens is 379 g/mol. The van der Waals surface area contributed by atoms with Crippen LogP contribution in [0.2, 0.25) is 0 Å². The van der Waals surface area contributed by atoms with Gasteiger partial charge in [0.25, 0.3) is 11.8 Å². The minimum Gasteiger partial charge on any atom is -0.496 e. The maximum absolute atomic E-state index is 13.7. The fourth-order valence-electron chi connectivity index (χ4n) is 3.27. The van der Waals surface area contributed by atoms with Crippen molar-refractivity contribution in [3.63, 3.8) is 0 Å². The molecule has 0 aliphatic carbocycles. The predicted octanol–water partition coefficient (Wildman–Crippen LogP) is 3.31. The minimum absolute atomic E-state index is 0.0163. The molecule has 0 bridgehead atoms. The van der Waals surface area contributed by atoms with Crippen molar-refractivity contribution in [3.05, 3.63) is 59.6 Å². The summed E-state index contributed by atoms with van der Waals surface area (Å²) in [5, 5.41) is 3.29. The number of hydrogen-bond acceptors (Lipinski definition) is 5. The SMILES string of the molecule is COc1ccc(F)cc1C(=O)Nc1c(C(=O)N2CCOCC2)oc2ccccc12. The molecule has 1 saturated heterocycles. The molecule has 1 aliphatic rings. The fraction of sp³-hybridized carbons (Fsp3) is 0.238. The molecule has 0 atom stereocenters. The third kappa shape index (κ3) is 3.66. The lowest BCUT2D eigenvalue weighted by Gasteiger charge is -2.26. The smallest absolute Gasteiger partial charge is 0.291 e. The van der Waals surface area contributed by atoms with Crippen LogP contribution in [-0.2, 0) is 4.74 Å². The van der Waals surface area contributed by atoms with Crippen LogP contribution in [0.3, 0.4) is 0 Å². The van der Waals surface area contributed by atoms with Gasteiger partial charge in [0.15, 0.2) is 0 Å². The van der Waals surface area contributed by atoms with E-state index in [0.717, 1.165) is 6.07 Å². The van der Waals surface area contributed by atoms with Gasteiger partial charge < -0.3 is 24.1 Å². The number of morpholine rings is 1. The van der Waals surface area contributed by atoms with Crippen molar-refractivity contribution >= 4 is 28.5 Å². The number of rotatable bonds is 4. The van der Waals surface area contributed by atoms with Crippen molar-refractivity contribution in [1.29, 1.82) is 0 Å². The number of amides is 2. The number of nitrogens with one attached hydrogen (secondary N) is 1. The summed E-state index contributed by atoms with van der Waals surface area (Å²) in [4.78, 5) is 27.5. The molecule has 2 amide bonds. The minimum atomic E-state index is -0.607. The zero-order valence-corrected chi connectivity index (χ0v) is 15.7. The summed E-state index contributed by atoms with van der Waals surface area (Å²) in [6.45, 7) is 1.74. The Morgan fingerprint density at radius 3 is 2.66 bits per heavy atom. The van der Waals surface area contributed by atoms with Crippen molar-refractivity contribution in [2.24, 2.45) is 0 Å². The van der Waals surface area contributed by atoms with Crippen LogP contribution in [-0.4, -0.2) is 50.1 Å². The Kier molecular flexibility index (Phi) is 5.18. The Bertz CT molecular complexity index is 1070. The van der Waals surface area contributed by atoms with Gasteiger partial charge in [0, 0.05) is 18.5 Å². The summed E-state index contributed by atoms with van der Waals surface area (Å²) in [7, 11) is 1.39. The van der Waals surface area contributed by atoms with E-state index in [1.165, 1.54) is 19.2 Å². The Morgan fingerprint density at radius 2 is 1.90 bits per heavy atom. The van der Waals surface area contributed by atoms with Gasteiger partial charge >= 0.3 is 0 Å². The Labute approximate surface area is 166 Å². The summed E-state index contributed by atoms with van der Waals surface area (Å²) >= 11 is 0. The molecule has 2 heterocycles. The van der Waals surface area contributed by atoms with Crippen LogP contribution in [0, 0.1) is 5.82 Å². The van der Waals surface area contributed by atoms with E-state index in [9.17, 15) is 14.0 Å². The van der Waals surface area contributed by atoms with Gasteiger partial charge in [0.1, 0.15) is 22.8 Å². The zero-order valence-electron chi connectivity index (χ0n) is 15.7. The molecule has 0 saturated carbocycles.